The molecule has 26 heavy (non-hydrogen) atoms. The average Bonchev–Trinajstić information content (AvgIpc) is 2.61. The highest BCUT2D eigenvalue weighted by molar-refractivity contribution is 6.30. The zero-order chi connectivity index (χ0) is 19.3. The smallest absolute Gasteiger partial charge is 0.269 e. The van der Waals surface area contributed by atoms with E-state index < -0.39 is 22.5 Å². The Labute approximate surface area is 155 Å². The van der Waals surface area contributed by atoms with Crippen LogP contribution in [0.2, 0.25) is 5.02 Å². The molecular weight excluding hydrogens is 360 g/mol. The largest absolute Gasteiger partial charge is 0.478 e. The van der Waals surface area contributed by atoms with Gasteiger partial charge in [-0.3, -0.25) is 14.9 Å². The molecule has 1 unspecified atom stereocenters. The predicted octanol–water partition coefficient (Wildman–Crippen LogP) is 3.26. The van der Waals surface area contributed by atoms with Gasteiger partial charge in [-0.25, -0.2) is 0 Å². The fourth-order valence-electron chi connectivity index (χ4n) is 2.18. The quantitative estimate of drug-likeness (QED) is 0.568. The summed E-state index contributed by atoms with van der Waals surface area (Å²) in [6.07, 6.45) is -0.994. The Bertz CT molecular complexity index is 775. The zero-order valence-electron chi connectivity index (χ0n) is 14.3. The summed E-state index contributed by atoms with van der Waals surface area (Å²) in [4.78, 5) is 22.5. The Kier molecular flexibility index (Phi) is 6.18. The standard InChI is InChI=1S/C18H19ClN2O5/c1-18(2,26-15-9-5-13(19)6-10-15)17(23)20-11-16(22)12-3-7-14(8-4-12)21(24)25/h3-10,16,22H,11H2,1-2H3,(H,20,23). The Balaban J connectivity index is 1.93. The van der Waals surface area contributed by atoms with Gasteiger partial charge in [0.15, 0.2) is 5.60 Å². The topological polar surface area (TPSA) is 102 Å². The number of ether oxygens (including phenoxy) is 1. The van der Waals surface area contributed by atoms with E-state index in [2.05, 4.69) is 5.32 Å². The van der Waals surface area contributed by atoms with E-state index in [1.54, 1.807) is 38.1 Å². The summed E-state index contributed by atoms with van der Waals surface area (Å²) < 4.78 is 5.67. The molecule has 2 rings (SSSR count). The molecule has 8 heteroatoms. The maximum absolute atomic E-state index is 12.4. The van der Waals surface area contributed by atoms with Gasteiger partial charge in [-0.2, -0.15) is 0 Å². The molecule has 0 aliphatic carbocycles. The van der Waals surface area contributed by atoms with Crippen LogP contribution in [-0.2, 0) is 4.79 Å². The van der Waals surface area contributed by atoms with E-state index in [1.807, 2.05) is 0 Å². The van der Waals surface area contributed by atoms with Gasteiger partial charge in [0.2, 0.25) is 0 Å². The van der Waals surface area contributed by atoms with E-state index in [4.69, 9.17) is 16.3 Å². The summed E-state index contributed by atoms with van der Waals surface area (Å²) in [7, 11) is 0. The minimum Gasteiger partial charge on any atom is -0.478 e. The molecule has 0 fully saturated rings. The van der Waals surface area contributed by atoms with Crippen molar-refractivity contribution in [2.75, 3.05) is 6.54 Å². The number of hydrogen-bond donors (Lipinski definition) is 2. The van der Waals surface area contributed by atoms with E-state index in [9.17, 15) is 20.0 Å². The molecular formula is C18H19ClN2O5. The van der Waals surface area contributed by atoms with E-state index >= 15 is 0 Å². The molecule has 0 aliphatic rings. The number of nitrogens with one attached hydrogen (secondary N) is 1. The fraction of sp³-hybridized carbons (Fsp3) is 0.278. The summed E-state index contributed by atoms with van der Waals surface area (Å²) in [6.45, 7) is 3.16. The van der Waals surface area contributed by atoms with Crippen LogP contribution in [0.1, 0.15) is 25.5 Å². The number of non-ortho nitro benzene ring substituents is 1. The number of carbonyl (C=O) groups is 1. The summed E-state index contributed by atoms with van der Waals surface area (Å²) in [5, 5.41) is 24.0. The fourth-order valence-corrected chi connectivity index (χ4v) is 2.31. The molecule has 0 radical (unpaired) electrons. The summed E-state index contributed by atoms with van der Waals surface area (Å²) in [5.41, 5.74) is -0.766. The molecule has 7 nitrogen and oxygen atoms in total. The summed E-state index contributed by atoms with van der Waals surface area (Å²) >= 11 is 5.82. The molecule has 0 aromatic heterocycles. The molecule has 1 amide bonds. The van der Waals surface area contributed by atoms with Gasteiger partial charge < -0.3 is 15.2 Å². The number of benzene rings is 2. The first-order valence-electron chi connectivity index (χ1n) is 7.84. The first kappa shape index (κ1) is 19.7. The van der Waals surface area contributed by atoms with Gasteiger partial charge in [-0.1, -0.05) is 11.6 Å². The second-order valence-corrected chi connectivity index (χ2v) is 6.58. The highest BCUT2D eigenvalue weighted by Crippen LogP contribution is 2.21. The van der Waals surface area contributed by atoms with Gasteiger partial charge in [-0.15, -0.1) is 0 Å². The Morgan fingerprint density at radius 1 is 1.23 bits per heavy atom. The van der Waals surface area contributed by atoms with Gasteiger partial charge in [0, 0.05) is 23.7 Å². The van der Waals surface area contributed by atoms with Crippen LogP contribution in [0, 0.1) is 10.1 Å². The normalized spacial score (nSPS) is 12.3. The van der Waals surface area contributed by atoms with Crippen LogP contribution in [0.4, 0.5) is 5.69 Å². The SMILES string of the molecule is CC(C)(Oc1ccc(Cl)cc1)C(=O)NCC(O)c1ccc([N+](=O)[O-])cc1. The Morgan fingerprint density at radius 3 is 2.35 bits per heavy atom. The van der Waals surface area contributed by atoms with Crippen LogP contribution in [-0.4, -0.2) is 28.1 Å². The minimum absolute atomic E-state index is 0.0515. The van der Waals surface area contributed by atoms with Gasteiger partial charge in [0.1, 0.15) is 5.75 Å². The van der Waals surface area contributed by atoms with Gasteiger partial charge in [0.25, 0.3) is 11.6 Å². The van der Waals surface area contributed by atoms with Gasteiger partial charge in [-0.05, 0) is 55.8 Å². The van der Waals surface area contributed by atoms with Crippen molar-refractivity contribution in [3.8, 4) is 5.75 Å². The third-order valence-corrected chi connectivity index (χ3v) is 3.93. The number of aliphatic hydroxyl groups excluding tert-OH is 1. The van der Waals surface area contributed by atoms with E-state index in [0.717, 1.165) is 0 Å². The number of rotatable bonds is 7. The number of halogens is 1. The Hall–Kier alpha value is -2.64. The highest BCUT2D eigenvalue weighted by Gasteiger charge is 2.30. The third kappa shape index (κ3) is 5.18. The molecule has 1 atom stereocenters. The molecule has 0 aliphatic heterocycles. The predicted molar refractivity (Wildman–Crippen MR) is 97.2 cm³/mol. The molecule has 0 bridgehead atoms. The molecule has 0 heterocycles. The number of amides is 1. The van der Waals surface area contributed by atoms with Crippen LogP contribution in [0.5, 0.6) is 5.75 Å². The summed E-state index contributed by atoms with van der Waals surface area (Å²) in [5.74, 6) is 0.0823. The molecule has 2 N–H and O–H groups in total. The van der Waals surface area contributed by atoms with Crippen molar-refractivity contribution in [1.82, 2.24) is 5.32 Å². The first-order valence-corrected chi connectivity index (χ1v) is 8.22. The zero-order valence-corrected chi connectivity index (χ0v) is 15.1. The van der Waals surface area contributed by atoms with Crippen LogP contribution >= 0.6 is 11.6 Å². The van der Waals surface area contributed by atoms with E-state index in [1.165, 1.54) is 24.3 Å². The average molecular weight is 379 g/mol. The van der Waals surface area contributed by atoms with Crippen molar-refractivity contribution in [1.29, 1.82) is 0 Å². The van der Waals surface area contributed by atoms with Gasteiger partial charge in [0.05, 0.1) is 11.0 Å². The number of carbonyl (C=O) groups excluding carboxylic acids is 1. The Morgan fingerprint density at radius 2 is 1.81 bits per heavy atom. The highest BCUT2D eigenvalue weighted by atomic mass is 35.5. The maximum atomic E-state index is 12.4. The second-order valence-electron chi connectivity index (χ2n) is 6.14. The van der Waals surface area contributed by atoms with Crippen molar-refractivity contribution in [3.05, 3.63) is 69.2 Å². The van der Waals surface area contributed by atoms with Crippen LogP contribution < -0.4 is 10.1 Å². The number of nitrogens with zero attached hydrogens (tertiary/aromatic N) is 1. The number of nitro benzene ring substituents is 1. The van der Waals surface area contributed by atoms with E-state index in [0.29, 0.717) is 16.3 Å². The number of hydrogen-bond acceptors (Lipinski definition) is 5. The molecule has 0 saturated heterocycles. The molecule has 2 aromatic carbocycles. The first-order chi connectivity index (χ1) is 12.2. The molecule has 138 valence electrons. The van der Waals surface area contributed by atoms with Crippen LogP contribution in [0.3, 0.4) is 0 Å². The van der Waals surface area contributed by atoms with Crippen molar-refractivity contribution in [2.45, 2.75) is 25.6 Å². The molecule has 2 aromatic rings. The minimum atomic E-state index is -1.16. The van der Waals surface area contributed by atoms with Crippen molar-refractivity contribution in [3.63, 3.8) is 0 Å². The third-order valence-electron chi connectivity index (χ3n) is 3.68. The molecule has 0 saturated carbocycles. The lowest BCUT2D eigenvalue weighted by Crippen LogP contribution is -2.47. The van der Waals surface area contributed by atoms with Crippen LogP contribution in [0.15, 0.2) is 48.5 Å². The van der Waals surface area contributed by atoms with Crippen molar-refractivity contribution < 1.29 is 19.6 Å². The second kappa shape index (κ2) is 8.16. The lowest BCUT2D eigenvalue weighted by atomic mass is 10.1. The van der Waals surface area contributed by atoms with Gasteiger partial charge >= 0.3 is 0 Å². The number of aliphatic hydroxyl groups is 1. The number of nitro groups is 1. The van der Waals surface area contributed by atoms with Crippen molar-refractivity contribution >= 4 is 23.2 Å². The maximum Gasteiger partial charge on any atom is 0.269 e. The summed E-state index contributed by atoms with van der Waals surface area (Å²) in [6, 6.07) is 12.1. The van der Waals surface area contributed by atoms with Crippen molar-refractivity contribution in [2.24, 2.45) is 0 Å². The molecule has 0 spiro atoms. The monoisotopic (exact) mass is 378 g/mol. The lowest BCUT2D eigenvalue weighted by molar-refractivity contribution is -0.384. The van der Waals surface area contributed by atoms with E-state index in [-0.39, 0.29) is 12.2 Å². The van der Waals surface area contributed by atoms with Crippen LogP contribution in [0.25, 0.3) is 0 Å². The lowest BCUT2D eigenvalue weighted by Gasteiger charge is -2.26.